The van der Waals surface area contributed by atoms with E-state index >= 15 is 0 Å². The number of ether oxygens (including phenoxy) is 1. The number of anilines is 1. The first kappa shape index (κ1) is 12.2. The van der Waals surface area contributed by atoms with Crippen molar-refractivity contribution in [1.29, 1.82) is 0 Å². The Hall–Kier alpha value is -1.81. The molecule has 0 aliphatic carbocycles. The van der Waals surface area contributed by atoms with Gasteiger partial charge in [0.25, 0.3) is 0 Å². The summed E-state index contributed by atoms with van der Waals surface area (Å²) >= 11 is 0. The number of hydrogen-bond acceptors (Lipinski definition) is 3. The summed E-state index contributed by atoms with van der Waals surface area (Å²) in [5, 5.41) is 4.41. The van der Waals surface area contributed by atoms with Gasteiger partial charge in [0.1, 0.15) is 0 Å². The lowest BCUT2D eigenvalue weighted by molar-refractivity contribution is 0.00400. The van der Waals surface area contributed by atoms with Crippen molar-refractivity contribution in [2.24, 2.45) is 0 Å². The fourth-order valence-electron chi connectivity index (χ4n) is 2.52. The number of benzene rings is 1. The van der Waals surface area contributed by atoms with Gasteiger partial charge in [0, 0.05) is 29.6 Å². The van der Waals surface area contributed by atoms with E-state index in [1.54, 1.807) is 0 Å². The van der Waals surface area contributed by atoms with Gasteiger partial charge in [-0.15, -0.1) is 0 Å². The van der Waals surface area contributed by atoms with Gasteiger partial charge in [-0.3, -0.25) is 4.68 Å². The third-order valence-electron chi connectivity index (χ3n) is 3.57. The Morgan fingerprint density at radius 3 is 3.00 bits per heavy atom. The predicted molar refractivity (Wildman–Crippen MR) is 75.7 cm³/mol. The Morgan fingerprint density at radius 1 is 1.32 bits per heavy atom. The maximum Gasteiger partial charge on any atom is 0.0770 e. The average Bonchev–Trinajstić information content (AvgIpc) is 2.89. The van der Waals surface area contributed by atoms with Crippen molar-refractivity contribution >= 4 is 5.69 Å². The molecule has 2 heterocycles. The molecule has 100 valence electrons. The molecule has 1 aromatic carbocycles. The third-order valence-corrected chi connectivity index (χ3v) is 3.57. The van der Waals surface area contributed by atoms with E-state index in [9.17, 15) is 0 Å². The Kier molecular flexibility index (Phi) is 3.51. The second-order valence-corrected chi connectivity index (χ2v) is 5.03. The minimum Gasteiger partial charge on any atom is -0.398 e. The average molecular weight is 257 g/mol. The molecule has 1 atom stereocenters. The van der Waals surface area contributed by atoms with Gasteiger partial charge in [0.2, 0.25) is 0 Å². The van der Waals surface area contributed by atoms with Crippen LogP contribution in [0.4, 0.5) is 5.69 Å². The molecule has 1 aliphatic rings. The molecule has 2 N–H and O–H groups in total. The number of nitrogens with two attached hydrogens (primary N) is 1. The summed E-state index contributed by atoms with van der Waals surface area (Å²) in [6.45, 7) is 1.71. The summed E-state index contributed by atoms with van der Waals surface area (Å²) < 4.78 is 7.69. The van der Waals surface area contributed by atoms with Crippen molar-refractivity contribution in [2.45, 2.75) is 31.9 Å². The first-order valence-electron chi connectivity index (χ1n) is 6.82. The molecule has 1 aliphatic heterocycles. The summed E-state index contributed by atoms with van der Waals surface area (Å²) in [7, 11) is 0. The molecule has 0 saturated carbocycles. The summed E-state index contributed by atoms with van der Waals surface area (Å²) in [6.07, 6.45) is 7.78. The summed E-state index contributed by atoms with van der Waals surface area (Å²) in [5.74, 6) is 0. The highest BCUT2D eigenvalue weighted by Crippen LogP contribution is 2.25. The molecule has 19 heavy (non-hydrogen) atoms. The van der Waals surface area contributed by atoms with E-state index in [1.165, 1.54) is 12.8 Å². The van der Waals surface area contributed by atoms with Gasteiger partial charge in [0.15, 0.2) is 0 Å². The Bertz CT molecular complexity index is 544. The molecule has 1 fully saturated rings. The smallest absolute Gasteiger partial charge is 0.0770 e. The van der Waals surface area contributed by atoms with Crippen LogP contribution < -0.4 is 5.73 Å². The Labute approximate surface area is 113 Å². The molecule has 1 saturated heterocycles. The lowest BCUT2D eigenvalue weighted by Crippen LogP contribution is -2.24. The van der Waals surface area contributed by atoms with Gasteiger partial charge in [-0.1, -0.05) is 18.2 Å². The second kappa shape index (κ2) is 5.45. The van der Waals surface area contributed by atoms with E-state index in [1.807, 2.05) is 41.3 Å². The Balaban J connectivity index is 1.74. The molecule has 0 radical (unpaired) electrons. The molecular weight excluding hydrogens is 238 g/mol. The molecule has 0 spiro atoms. The van der Waals surface area contributed by atoms with E-state index in [0.717, 1.165) is 36.4 Å². The zero-order chi connectivity index (χ0) is 13.1. The van der Waals surface area contributed by atoms with E-state index in [-0.39, 0.29) is 0 Å². The highest BCUT2D eigenvalue weighted by molar-refractivity contribution is 5.75. The zero-order valence-corrected chi connectivity index (χ0v) is 11.0. The highest BCUT2D eigenvalue weighted by Gasteiger charge is 2.15. The van der Waals surface area contributed by atoms with Crippen LogP contribution in [0.3, 0.4) is 0 Å². The van der Waals surface area contributed by atoms with Crippen molar-refractivity contribution in [3.8, 4) is 11.1 Å². The van der Waals surface area contributed by atoms with Crippen molar-refractivity contribution < 1.29 is 4.74 Å². The number of rotatable bonds is 3. The van der Waals surface area contributed by atoms with Gasteiger partial charge in [-0.05, 0) is 25.3 Å². The highest BCUT2D eigenvalue weighted by atomic mass is 16.5. The number of nitrogens with zero attached hydrogens (tertiary/aromatic N) is 2. The lowest BCUT2D eigenvalue weighted by Gasteiger charge is -2.22. The van der Waals surface area contributed by atoms with Crippen molar-refractivity contribution in [1.82, 2.24) is 9.78 Å². The van der Waals surface area contributed by atoms with Crippen LogP contribution in [0.1, 0.15) is 19.3 Å². The van der Waals surface area contributed by atoms with E-state index < -0.39 is 0 Å². The van der Waals surface area contributed by atoms with Gasteiger partial charge in [-0.25, -0.2) is 0 Å². The Morgan fingerprint density at radius 2 is 2.21 bits per heavy atom. The molecule has 1 unspecified atom stereocenters. The second-order valence-electron chi connectivity index (χ2n) is 5.03. The zero-order valence-electron chi connectivity index (χ0n) is 11.0. The number of aromatic nitrogens is 2. The fourth-order valence-corrected chi connectivity index (χ4v) is 2.52. The molecule has 0 amide bonds. The molecule has 1 aromatic heterocycles. The van der Waals surface area contributed by atoms with Crippen LogP contribution in [0.25, 0.3) is 11.1 Å². The number of hydrogen-bond donors (Lipinski definition) is 1. The topological polar surface area (TPSA) is 53.1 Å². The van der Waals surface area contributed by atoms with Crippen molar-refractivity contribution in [2.75, 3.05) is 12.3 Å². The van der Waals surface area contributed by atoms with Crippen LogP contribution in [-0.2, 0) is 11.3 Å². The maximum absolute atomic E-state index is 5.98. The SMILES string of the molecule is Nc1ccccc1-c1cnn(CC2CCCCO2)c1. The minimum atomic E-state index is 0.301. The van der Waals surface area contributed by atoms with Gasteiger partial charge in [0.05, 0.1) is 18.8 Å². The standard InChI is InChI=1S/C15H19N3O/c16-15-7-2-1-6-14(15)12-9-17-18(10-12)11-13-5-3-4-8-19-13/h1-2,6-7,9-10,13H,3-5,8,11,16H2. The maximum atomic E-state index is 5.98. The van der Waals surface area contributed by atoms with Gasteiger partial charge >= 0.3 is 0 Å². The molecule has 0 bridgehead atoms. The largest absolute Gasteiger partial charge is 0.398 e. The first-order valence-corrected chi connectivity index (χ1v) is 6.82. The van der Waals surface area contributed by atoms with Crippen LogP contribution in [0.5, 0.6) is 0 Å². The van der Waals surface area contributed by atoms with E-state index in [4.69, 9.17) is 10.5 Å². The normalized spacial score (nSPS) is 19.5. The van der Waals surface area contributed by atoms with Crippen molar-refractivity contribution in [3.05, 3.63) is 36.7 Å². The lowest BCUT2D eigenvalue weighted by atomic mass is 10.1. The van der Waals surface area contributed by atoms with E-state index in [2.05, 4.69) is 5.10 Å². The number of nitrogen functional groups attached to an aromatic ring is 1. The predicted octanol–water partition coefficient (Wildman–Crippen LogP) is 2.70. The molecular formula is C15H19N3O. The van der Waals surface area contributed by atoms with Crippen LogP contribution in [-0.4, -0.2) is 22.5 Å². The summed E-state index contributed by atoms with van der Waals surface area (Å²) in [5.41, 5.74) is 8.88. The van der Waals surface area contributed by atoms with Gasteiger partial charge < -0.3 is 10.5 Å². The van der Waals surface area contributed by atoms with Gasteiger partial charge in [-0.2, -0.15) is 5.10 Å². The quantitative estimate of drug-likeness (QED) is 0.860. The summed E-state index contributed by atoms with van der Waals surface area (Å²) in [4.78, 5) is 0. The van der Waals surface area contributed by atoms with Crippen LogP contribution in [0.15, 0.2) is 36.7 Å². The van der Waals surface area contributed by atoms with Crippen LogP contribution in [0, 0.1) is 0 Å². The van der Waals surface area contributed by atoms with Crippen LogP contribution >= 0.6 is 0 Å². The first-order chi connectivity index (χ1) is 9.33. The summed E-state index contributed by atoms with van der Waals surface area (Å²) in [6, 6.07) is 7.87. The fraction of sp³-hybridized carbons (Fsp3) is 0.400. The van der Waals surface area contributed by atoms with E-state index in [0.29, 0.717) is 6.10 Å². The van der Waals surface area contributed by atoms with Crippen LogP contribution in [0.2, 0.25) is 0 Å². The molecule has 4 nitrogen and oxygen atoms in total. The molecule has 4 heteroatoms. The monoisotopic (exact) mass is 257 g/mol. The number of para-hydroxylation sites is 1. The molecule has 2 aromatic rings. The van der Waals surface area contributed by atoms with Crippen molar-refractivity contribution in [3.63, 3.8) is 0 Å². The third kappa shape index (κ3) is 2.79. The molecule has 3 rings (SSSR count). The minimum absolute atomic E-state index is 0.301.